The van der Waals surface area contributed by atoms with Crippen molar-refractivity contribution in [1.82, 2.24) is 9.97 Å². The van der Waals surface area contributed by atoms with Gasteiger partial charge in [0.05, 0.1) is 0 Å². The molecule has 0 bridgehead atoms. The third-order valence-electron chi connectivity index (χ3n) is 3.98. The Hall–Kier alpha value is -1.32. The smallest absolute Gasteiger partial charge is 0.137 e. The highest BCUT2D eigenvalue weighted by Gasteiger charge is 2.29. The van der Waals surface area contributed by atoms with Gasteiger partial charge < -0.3 is 10.2 Å². The number of hydrogen-bond donors (Lipinski definition) is 1. The summed E-state index contributed by atoms with van der Waals surface area (Å²) in [5.74, 6) is 2.54. The molecular weight excluding hydrogens is 248 g/mol. The molecule has 0 saturated carbocycles. The third-order valence-corrected chi connectivity index (χ3v) is 3.98. The molecule has 1 aliphatic rings. The fraction of sp³-hybridized carbons (Fsp3) is 0.750. The predicted octanol–water partition coefficient (Wildman–Crippen LogP) is 3.66. The molecular formula is C16H28N4. The maximum absolute atomic E-state index is 4.61. The van der Waals surface area contributed by atoms with Crippen LogP contribution in [0.2, 0.25) is 0 Å². The lowest BCUT2D eigenvalue weighted by Crippen LogP contribution is -2.41. The summed E-state index contributed by atoms with van der Waals surface area (Å²) in [6.45, 7) is 14.3. The summed E-state index contributed by atoms with van der Waals surface area (Å²) in [5.41, 5.74) is 1.63. The van der Waals surface area contributed by atoms with Gasteiger partial charge in [0, 0.05) is 25.2 Å². The Balaban J connectivity index is 2.37. The summed E-state index contributed by atoms with van der Waals surface area (Å²) < 4.78 is 0. The molecule has 0 unspecified atom stereocenters. The third kappa shape index (κ3) is 3.22. The molecule has 2 heterocycles. The first-order chi connectivity index (χ1) is 9.44. The predicted molar refractivity (Wildman–Crippen MR) is 85.5 cm³/mol. The Labute approximate surface area is 123 Å². The minimum absolute atomic E-state index is 0.371. The van der Waals surface area contributed by atoms with Crippen LogP contribution in [0.3, 0.4) is 0 Å². The first-order valence-corrected chi connectivity index (χ1v) is 7.78. The lowest BCUT2D eigenvalue weighted by Gasteiger charge is -2.39. The zero-order valence-electron chi connectivity index (χ0n) is 13.5. The van der Waals surface area contributed by atoms with Crippen molar-refractivity contribution in [3.63, 3.8) is 0 Å². The topological polar surface area (TPSA) is 41.1 Å². The monoisotopic (exact) mass is 276 g/mol. The van der Waals surface area contributed by atoms with Crippen molar-refractivity contribution in [2.24, 2.45) is 5.41 Å². The van der Waals surface area contributed by atoms with Crippen LogP contribution in [0.25, 0.3) is 0 Å². The van der Waals surface area contributed by atoms with E-state index in [4.69, 9.17) is 0 Å². The van der Waals surface area contributed by atoms with Gasteiger partial charge in [0.15, 0.2) is 0 Å². The number of aromatic nitrogens is 2. The van der Waals surface area contributed by atoms with E-state index in [9.17, 15) is 0 Å². The lowest BCUT2D eigenvalue weighted by atomic mass is 9.84. The fourth-order valence-electron chi connectivity index (χ4n) is 3.08. The molecule has 1 aromatic heterocycles. The molecule has 0 aliphatic carbocycles. The van der Waals surface area contributed by atoms with Gasteiger partial charge in [0.25, 0.3) is 0 Å². The molecule has 1 aromatic rings. The van der Waals surface area contributed by atoms with E-state index in [0.717, 1.165) is 31.3 Å². The summed E-state index contributed by atoms with van der Waals surface area (Å²) >= 11 is 0. The maximum atomic E-state index is 4.61. The van der Waals surface area contributed by atoms with Crippen molar-refractivity contribution in [2.45, 2.75) is 53.4 Å². The first kappa shape index (κ1) is 15.1. The number of nitrogens with one attached hydrogen (secondary N) is 1. The van der Waals surface area contributed by atoms with Gasteiger partial charge in [-0.05, 0) is 31.1 Å². The molecule has 4 nitrogen and oxygen atoms in total. The summed E-state index contributed by atoms with van der Waals surface area (Å²) in [6.07, 6.45) is 4.23. The number of piperidine rings is 1. The molecule has 2 rings (SSSR count). The van der Waals surface area contributed by atoms with Crippen molar-refractivity contribution in [2.75, 3.05) is 29.9 Å². The number of rotatable bonds is 4. The molecule has 20 heavy (non-hydrogen) atoms. The first-order valence-electron chi connectivity index (χ1n) is 7.78. The van der Waals surface area contributed by atoms with Crippen molar-refractivity contribution in [3.05, 3.63) is 11.9 Å². The SMILES string of the molecule is CCNc1ncnc(N2CCCC(C)(C)C2)c1C(C)C. The molecule has 1 N–H and O–H groups in total. The van der Waals surface area contributed by atoms with Gasteiger partial charge in [-0.2, -0.15) is 0 Å². The van der Waals surface area contributed by atoms with Crippen LogP contribution in [0.5, 0.6) is 0 Å². The van der Waals surface area contributed by atoms with E-state index in [1.807, 2.05) is 0 Å². The summed E-state index contributed by atoms with van der Waals surface area (Å²) in [7, 11) is 0. The van der Waals surface area contributed by atoms with Crippen LogP contribution in [-0.2, 0) is 0 Å². The van der Waals surface area contributed by atoms with Crippen LogP contribution in [0.4, 0.5) is 11.6 Å². The molecule has 4 heteroatoms. The van der Waals surface area contributed by atoms with E-state index in [-0.39, 0.29) is 0 Å². The fourth-order valence-corrected chi connectivity index (χ4v) is 3.08. The Bertz CT molecular complexity index is 454. The molecule has 112 valence electrons. The zero-order valence-corrected chi connectivity index (χ0v) is 13.5. The van der Waals surface area contributed by atoms with Crippen LogP contribution < -0.4 is 10.2 Å². The van der Waals surface area contributed by atoms with E-state index in [1.165, 1.54) is 18.4 Å². The minimum atomic E-state index is 0.371. The number of hydrogen-bond acceptors (Lipinski definition) is 4. The van der Waals surface area contributed by atoms with E-state index in [1.54, 1.807) is 6.33 Å². The van der Waals surface area contributed by atoms with Crippen molar-refractivity contribution in [1.29, 1.82) is 0 Å². The van der Waals surface area contributed by atoms with Crippen LogP contribution in [-0.4, -0.2) is 29.6 Å². The zero-order chi connectivity index (χ0) is 14.8. The van der Waals surface area contributed by atoms with Crippen LogP contribution in [0, 0.1) is 5.41 Å². The van der Waals surface area contributed by atoms with Crippen LogP contribution in [0.15, 0.2) is 6.33 Å². The van der Waals surface area contributed by atoms with Crippen LogP contribution >= 0.6 is 0 Å². The van der Waals surface area contributed by atoms with Gasteiger partial charge in [0.1, 0.15) is 18.0 Å². The summed E-state index contributed by atoms with van der Waals surface area (Å²) in [4.78, 5) is 11.5. The summed E-state index contributed by atoms with van der Waals surface area (Å²) in [6, 6.07) is 0. The highest BCUT2D eigenvalue weighted by atomic mass is 15.2. The van der Waals surface area contributed by atoms with Gasteiger partial charge in [-0.3, -0.25) is 0 Å². The second-order valence-electron chi connectivity index (χ2n) is 6.83. The Kier molecular flexibility index (Phi) is 4.51. The van der Waals surface area contributed by atoms with E-state index in [2.05, 4.69) is 54.8 Å². The standard InChI is InChI=1S/C16H28N4/c1-6-17-14-13(12(2)3)15(19-11-18-14)20-9-7-8-16(4,5)10-20/h11-12H,6-10H2,1-5H3,(H,17,18,19). The average molecular weight is 276 g/mol. The molecule has 1 aliphatic heterocycles. The molecule has 0 aromatic carbocycles. The maximum Gasteiger partial charge on any atom is 0.137 e. The van der Waals surface area contributed by atoms with Gasteiger partial charge in [0.2, 0.25) is 0 Å². The van der Waals surface area contributed by atoms with Gasteiger partial charge >= 0.3 is 0 Å². The van der Waals surface area contributed by atoms with Gasteiger partial charge in [-0.15, -0.1) is 0 Å². The van der Waals surface area contributed by atoms with E-state index >= 15 is 0 Å². The van der Waals surface area contributed by atoms with Crippen molar-refractivity contribution >= 4 is 11.6 Å². The summed E-state index contributed by atoms with van der Waals surface area (Å²) in [5, 5.41) is 3.38. The van der Waals surface area contributed by atoms with E-state index < -0.39 is 0 Å². The second-order valence-corrected chi connectivity index (χ2v) is 6.83. The second kappa shape index (κ2) is 5.98. The molecule has 0 radical (unpaired) electrons. The minimum Gasteiger partial charge on any atom is -0.370 e. The average Bonchev–Trinajstić information content (AvgIpc) is 2.37. The largest absolute Gasteiger partial charge is 0.370 e. The highest BCUT2D eigenvalue weighted by Crippen LogP contribution is 2.36. The van der Waals surface area contributed by atoms with E-state index in [0.29, 0.717) is 11.3 Å². The molecule has 0 atom stereocenters. The van der Waals surface area contributed by atoms with Crippen molar-refractivity contribution < 1.29 is 0 Å². The quantitative estimate of drug-likeness (QED) is 0.911. The number of nitrogens with zero attached hydrogens (tertiary/aromatic N) is 3. The normalized spacial score (nSPS) is 18.4. The molecule has 0 spiro atoms. The molecule has 1 fully saturated rings. The van der Waals surface area contributed by atoms with Crippen LogP contribution in [0.1, 0.15) is 58.9 Å². The molecule has 0 amide bonds. The van der Waals surface area contributed by atoms with Gasteiger partial charge in [-0.25, -0.2) is 9.97 Å². The van der Waals surface area contributed by atoms with Gasteiger partial charge in [-0.1, -0.05) is 27.7 Å². The Morgan fingerprint density at radius 3 is 2.70 bits per heavy atom. The lowest BCUT2D eigenvalue weighted by molar-refractivity contribution is 0.291. The number of anilines is 2. The Morgan fingerprint density at radius 2 is 2.10 bits per heavy atom. The van der Waals surface area contributed by atoms with Crippen molar-refractivity contribution in [3.8, 4) is 0 Å². The highest BCUT2D eigenvalue weighted by molar-refractivity contribution is 5.60. The Morgan fingerprint density at radius 1 is 1.35 bits per heavy atom. The molecule has 1 saturated heterocycles.